The highest BCUT2D eigenvalue weighted by Crippen LogP contribution is 2.22. The lowest BCUT2D eigenvalue weighted by Crippen LogP contribution is -2.27. The van der Waals surface area contributed by atoms with E-state index >= 15 is 0 Å². The van der Waals surface area contributed by atoms with Gasteiger partial charge in [-0.25, -0.2) is 0 Å². The summed E-state index contributed by atoms with van der Waals surface area (Å²) in [6, 6.07) is 3.67. The summed E-state index contributed by atoms with van der Waals surface area (Å²) in [6.07, 6.45) is -0.232. The van der Waals surface area contributed by atoms with E-state index in [1.54, 1.807) is 7.11 Å². The molecule has 0 saturated heterocycles. The highest BCUT2D eigenvalue weighted by atomic mass is 16.5. The van der Waals surface area contributed by atoms with E-state index in [2.05, 4.69) is 0 Å². The molecule has 0 aliphatic heterocycles. The maximum atomic E-state index is 5.89. The van der Waals surface area contributed by atoms with Crippen molar-refractivity contribution >= 4 is 0 Å². The maximum absolute atomic E-state index is 5.89. The third-order valence-corrected chi connectivity index (χ3v) is 2.48. The molecule has 2 unspecified atom stereocenters. The van der Waals surface area contributed by atoms with Gasteiger partial charge in [0, 0.05) is 13.2 Å². The first-order chi connectivity index (χ1) is 8.65. The number of methoxy groups -OCH3 is 1. The predicted octanol–water partition coefficient (Wildman–Crippen LogP) is 1.66. The van der Waals surface area contributed by atoms with Crippen molar-refractivity contribution in [2.75, 3.05) is 33.5 Å². The van der Waals surface area contributed by atoms with Gasteiger partial charge in [0.05, 0.1) is 26.4 Å². The van der Waals surface area contributed by atoms with Gasteiger partial charge in [-0.05, 0) is 26.0 Å². The second-order valence-corrected chi connectivity index (χ2v) is 4.20. The third-order valence-electron chi connectivity index (χ3n) is 2.48. The lowest BCUT2D eigenvalue weighted by Gasteiger charge is -2.19. The molecule has 18 heavy (non-hydrogen) atoms. The SMILES string of the molecule is COCCOCCOC(c1ccc(C)o1)C(C)N. The zero-order valence-electron chi connectivity index (χ0n) is 11.3. The molecule has 0 aliphatic carbocycles. The van der Waals surface area contributed by atoms with Crippen LogP contribution in [-0.4, -0.2) is 39.6 Å². The monoisotopic (exact) mass is 257 g/mol. The standard InChI is InChI=1S/C13H23NO4/c1-10-4-5-12(18-10)13(11(2)14)17-9-8-16-7-6-15-3/h4-5,11,13H,6-9,14H2,1-3H3. The van der Waals surface area contributed by atoms with Crippen LogP contribution in [-0.2, 0) is 14.2 Å². The van der Waals surface area contributed by atoms with Crippen molar-refractivity contribution in [3.05, 3.63) is 23.7 Å². The lowest BCUT2D eigenvalue weighted by atomic mass is 10.1. The van der Waals surface area contributed by atoms with E-state index in [0.29, 0.717) is 26.4 Å². The van der Waals surface area contributed by atoms with Crippen molar-refractivity contribution in [3.63, 3.8) is 0 Å². The first-order valence-electron chi connectivity index (χ1n) is 6.15. The molecule has 0 aliphatic rings. The molecule has 0 saturated carbocycles. The molecular weight excluding hydrogens is 234 g/mol. The van der Waals surface area contributed by atoms with Gasteiger partial charge >= 0.3 is 0 Å². The summed E-state index contributed by atoms with van der Waals surface area (Å²) < 4.78 is 21.4. The van der Waals surface area contributed by atoms with Gasteiger partial charge in [0.2, 0.25) is 0 Å². The Morgan fingerprint density at radius 3 is 2.50 bits per heavy atom. The van der Waals surface area contributed by atoms with Crippen molar-refractivity contribution in [2.45, 2.75) is 26.0 Å². The molecule has 0 amide bonds. The molecule has 104 valence electrons. The highest BCUT2D eigenvalue weighted by molar-refractivity contribution is 5.09. The van der Waals surface area contributed by atoms with Crippen LogP contribution >= 0.6 is 0 Å². The van der Waals surface area contributed by atoms with E-state index in [-0.39, 0.29) is 12.1 Å². The minimum absolute atomic E-state index is 0.130. The van der Waals surface area contributed by atoms with Crippen molar-refractivity contribution in [1.82, 2.24) is 0 Å². The van der Waals surface area contributed by atoms with Gasteiger partial charge in [-0.2, -0.15) is 0 Å². The van der Waals surface area contributed by atoms with Crippen LogP contribution in [0.2, 0.25) is 0 Å². The molecule has 0 fully saturated rings. The van der Waals surface area contributed by atoms with Crippen LogP contribution in [0, 0.1) is 6.92 Å². The van der Waals surface area contributed by atoms with Gasteiger partial charge in [0.15, 0.2) is 0 Å². The number of rotatable bonds is 9. The molecular formula is C13H23NO4. The summed E-state index contributed by atoms with van der Waals surface area (Å²) in [5.74, 6) is 1.62. The third kappa shape index (κ3) is 5.18. The van der Waals surface area contributed by atoms with Crippen molar-refractivity contribution in [1.29, 1.82) is 0 Å². The van der Waals surface area contributed by atoms with Crippen LogP contribution in [0.25, 0.3) is 0 Å². The largest absolute Gasteiger partial charge is 0.464 e. The first-order valence-corrected chi connectivity index (χ1v) is 6.15. The maximum Gasteiger partial charge on any atom is 0.134 e. The van der Waals surface area contributed by atoms with Crippen molar-refractivity contribution in [3.8, 4) is 0 Å². The Kier molecular flexibility index (Phi) is 6.97. The molecule has 5 nitrogen and oxygen atoms in total. The molecule has 0 radical (unpaired) electrons. The Hall–Kier alpha value is -0.880. The summed E-state index contributed by atoms with van der Waals surface area (Å²) in [7, 11) is 1.64. The van der Waals surface area contributed by atoms with Gasteiger partial charge in [-0.3, -0.25) is 0 Å². The Morgan fingerprint density at radius 2 is 1.94 bits per heavy atom. The number of hydrogen-bond donors (Lipinski definition) is 1. The summed E-state index contributed by atoms with van der Waals surface area (Å²) in [5.41, 5.74) is 5.89. The smallest absolute Gasteiger partial charge is 0.134 e. The molecule has 2 N–H and O–H groups in total. The summed E-state index contributed by atoms with van der Waals surface area (Å²) in [6.45, 7) is 5.96. The minimum atomic E-state index is -0.232. The van der Waals surface area contributed by atoms with Crippen LogP contribution in [0.15, 0.2) is 16.5 Å². The average molecular weight is 257 g/mol. The minimum Gasteiger partial charge on any atom is -0.464 e. The first kappa shape index (κ1) is 15.2. The van der Waals surface area contributed by atoms with E-state index in [9.17, 15) is 0 Å². The Bertz CT molecular complexity index is 325. The zero-order chi connectivity index (χ0) is 13.4. The lowest BCUT2D eigenvalue weighted by molar-refractivity contribution is -0.0219. The van der Waals surface area contributed by atoms with E-state index in [1.165, 1.54) is 0 Å². The molecule has 1 aromatic heterocycles. The summed E-state index contributed by atoms with van der Waals surface area (Å²) in [5, 5.41) is 0. The highest BCUT2D eigenvalue weighted by Gasteiger charge is 2.20. The topological polar surface area (TPSA) is 66.8 Å². The Labute approximate surface area is 108 Å². The molecule has 0 bridgehead atoms. The second-order valence-electron chi connectivity index (χ2n) is 4.20. The summed E-state index contributed by atoms with van der Waals surface area (Å²) in [4.78, 5) is 0. The Morgan fingerprint density at radius 1 is 1.22 bits per heavy atom. The quantitative estimate of drug-likeness (QED) is 0.681. The molecule has 1 rings (SSSR count). The van der Waals surface area contributed by atoms with E-state index < -0.39 is 0 Å². The van der Waals surface area contributed by atoms with E-state index in [0.717, 1.165) is 11.5 Å². The summed E-state index contributed by atoms with van der Waals surface area (Å²) >= 11 is 0. The van der Waals surface area contributed by atoms with E-state index in [1.807, 2.05) is 26.0 Å². The predicted molar refractivity (Wildman–Crippen MR) is 68.5 cm³/mol. The van der Waals surface area contributed by atoms with Crippen LogP contribution in [0.5, 0.6) is 0 Å². The normalized spacial score (nSPS) is 14.7. The second kappa shape index (κ2) is 8.26. The van der Waals surface area contributed by atoms with Gasteiger partial charge in [0.1, 0.15) is 17.6 Å². The average Bonchev–Trinajstić information content (AvgIpc) is 2.74. The zero-order valence-corrected chi connectivity index (χ0v) is 11.3. The van der Waals surface area contributed by atoms with Gasteiger partial charge in [0.25, 0.3) is 0 Å². The van der Waals surface area contributed by atoms with Crippen LogP contribution in [0.3, 0.4) is 0 Å². The number of furan rings is 1. The molecule has 2 atom stereocenters. The van der Waals surface area contributed by atoms with E-state index in [4.69, 9.17) is 24.4 Å². The molecule has 1 aromatic rings. The van der Waals surface area contributed by atoms with Crippen LogP contribution < -0.4 is 5.73 Å². The van der Waals surface area contributed by atoms with Gasteiger partial charge in [-0.15, -0.1) is 0 Å². The number of nitrogens with two attached hydrogens (primary N) is 1. The van der Waals surface area contributed by atoms with Gasteiger partial charge < -0.3 is 24.4 Å². The van der Waals surface area contributed by atoms with Crippen LogP contribution in [0.1, 0.15) is 24.5 Å². The molecule has 5 heteroatoms. The van der Waals surface area contributed by atoms with Crippen LogP contribution in [0.4, 0.5) is 0 Å². The van der Waals surface area contributed by atoms with Gasteiger partial charge in [-0.1, -0.05) is 0 Å². The molecule has 1 heterocycles. The Balaban J connectivity index is 2.31. The number of aryl methyl sites for hydroxylation is 1. The number of hydrogen-bond acceptors (Lipinski definition) is 5. The number of ether oxygens (including phenoxy) is 3. The molecule has 0 aromatic carbocycles. The fraction of sp³-hybridized carbons (Fsp3) is 0.692. The fourth-order valence-corrected chi connectivity index (χ4v) is 1.58. The fourth-order valence-electron chi connectivity index (χ4n) is 1.58. The molecule has 0 spiro atoms. The van der Waals surface area contributed by atoms with Crippen molar-refractivity contribution < 1.29 is 18.6 Å². The van der Waals surface area contributed by atoms with Crippen molar-refractivity contribution in [2.24, 2.45) is 5.73 Å².